The zero-order valence-corrected chi connectivity index (χ0v) is 14.4. The van der Waals surface area contributed by atoms with Gasteiger partial charge in [-0.1, -0.05) is 29.8 Å². The van der Waals surface area contributed by atoms with Gasteiger partial charge in [0, 0.05) is 49.0 Å². The molecule has 4 heteroatoms. The fourth-order valence-corrected chi connectivity index (χ4v) is 3.35. The third-order valence-electron chi connectivity index (χ3n) is 4.73. The predicted octanol–water partition coefficient (Wildman–Crippen LogP) is 4.42. The van der Waals surface area contributed by atoms with Gasteiger partial charge in [0.25, 0.3) is 0 Å². The third kappa shape index (κ3) is 3.51. The van der Waals surface area contributed by atoms with Crippen molar-refractivity contribution in [2.45, 2.75) is 20.4 Å². The van der Waals surface area contributed by atoms with Crippen molar-refractivity contribution in [1.29, 1.82) is 0 Å². The normalized spacial score (nSPS) is 15.9. The van der Waals surface area contributed by atoms with Gasteiger partial charge in [0.05, 0.1) is 0 Å². The molecule has 0 aliphatic carbocycles. The van der Waals surface area contributed by atoms with Crippen molar-refractivity contribution in [3.63, 3.8) is 0 Å². The molecule has 0 aromatic heterocycles. The first-order valence-corrected chi connectivity index (χ1v) is 8.40. The molecule has 3 rings (SSSR count). The van der Waals surface area contributed by atoms with Crippen LogP contribution in [0.4, 0.5) is 10.1 Å². The van der Waals surface area contributed by atoms with Gasteiger partial charge in [0.2, 0.25) is 0 Å². The first kappa shape index (κ1) is 16.3. The summed E-state index contributed by atoms with van der Waals surface area (Å²) in [6, 6.07) is 11.3. The van der Waals surface area contributed by atoms with Crippen LogP contribution >= 0.6 is 11.6 Å². The summed E-state index contributed by atoms with van der Waals surface area (Å²) in [6.45, 7) is 8.64. The van der Waals surface area contributed by atoms with Gasteiger partial charge in [-0.2, -0.15) is 0 Å². The van der Waals surface area contributed by atoms with Crippen molar-refractivity contribution in [2.24, 2.45) is 0 Å². The minimum absolute atomic E-state index is 0.213. The molecule has 1 heterocycles. The van der Waals surface area contributed by atoms with E-state index in [4.69, 9.17) is 11.6 Å². The van der Waals surface area contributed by atoms with E-state index in [0.29, 0.717) is 17.1 Å². The van der Waals surface area contributed by atoms with Crippen LogP contribution in [0.25, 0.3) is 0 Å². The molecule has 0 unspecified atom stereocenters. The highest BCUT2D eigenvalue weighted by atomic mass is 35.5. The van der Waals surface area contributed by atoms with Crippen molar-refractivity contribution in [3.05, 3.63) is 63.9 Å². The number of halogens is 2. The Hall–Kier alpha value is -1.58. The number of nitrogens with zero attached hydrogens (tertiary/aromatic N) is 2. The molecule has 2 aromatic rings. The van der Waals surface area contributed by atoms with Crippen LogP contribution in [-0.4, -0.2) is 31.1 Å². The van der Waals surface area contributed by atoms with E-state index in [9.17, 15) is 4.39 Å². The lowest BCUT2D eigenvalue weighted by molar-refractivity contribution is 0.246. The molecule has 1 aliphatic heterocycles. The van der Waals surface area contributed by atoms with Crippen molar-refractivity contribution in [3.8, 4) is 0 Å². The molecule has 0 N–H and O–H groups in total. The minimum Gasteiger partial charge on any atom is -0.369 e. The molecule has 0 atom stereocenters. The molecule has 1 fully saturated rings. The number of anilines is 1. The Morgan fingerprint density at radius 1 is 1.00 bits per heavy atom. The van der Waals surface area contributed by atoms with Crippen LogP contribution in [-0.2, 0) is 6.54 Å². The number of aryl methyl sites for hydroxylation is 1. The second kappa shape index (κ2) is 6.90. The van der Waals surface area contributed by atoms with Crippen LogP contribution in [0.15, 0.2) is 36.4 Å². The Bertz CT molecular complexity index is 674. The smallest absolute Gasteiger partial charge is 0.129 e. The van der Waals surface area contributed by atoms with Gasteiger partial charge in [0.1, 0.15) is 5.82 Å². The van der Waals surface area contributed by atoms with Gasteiger partial charge >= 0.3 is 0 Å². The summed E-state index contributed by atoms with van der Waals surface area (Å²) in [6.07, 6.45) is 0. The molecule has 2 aromatic carbocycles. The molecule has 122 valence electrons. The Kier molecular flexibility index (Phi) is 4.88. The maximum Gasteiger partial charge on any atom is 0.129 e. The van der Waals surface area contributed by atoms with Gasteiger partial charge in [-0.25, -0.2) is 4.39 Å². The van der Waals surface area contributed by atoms with E-state index in [1.807, 2.05) is 0 Å². The highest BCUT2D eigenvalue weighted by molar-refractivity contribution is 6.31. The minimum atomic E-state index is -0.213. The van der Waals surface area contributed by atoms with Gasteiger partial charge in [-0.3, -0.25) is 4.90 Å². The summed E-state index contributed by atoms with van der Waals surface area (Å²) in [5.74, 6) is -0.213. The fourth-order valence-electron chi connectivity index (χ4n) is 3.13. The average molecular weight is 333 g/mol. The first-order chi connectivity index (χ1) is 11.1. The zero-order valence-electron chi connectivity index (χ0n) is 13.6. The summed E-state index contributed by atoms with van der Waals surface area (Å²) in [5.41, 5.74) is 4.59. The fraction of sp³-hybridized carbons (Fsp3) is 0.368. The number of hydrogen-bond acceptors (Lipinski definition) is 2. The molecular weight excluding hydrogens is 311 g/mol. The van der Waals surface area contributed by atoms with Crippen molar-refractivity contribution < 1.29 is 4.39 Å². The van der Waals surface area contributed by atoms with Crippen LogP contribution in [0, 0.1) is 19.7 Å². The van der Waals surface area contributed by atoms with Gasteiger partial charge < -0.3 is 4.90 Å². The first-order valence-electron chi connectivity index (χ1n) is 8.02. The molecule has 2 nitrogen and oxygen atoms in total. The monoisotopic (exact) mass is 332 g/mol. The molecule has 0 spiro atoms. The Labute approximate surface area is 142 Å². The molecule has 0 amide bonds. The lowest BCUT2D eigenvalue weighted by Gasteiger charge is -2.37. The predicted molar refractivity (Wildman–Crippen MR) is 94.8 cm³/mol. The van der Waals surface area contributed by atoms with E-state index < -0.39 is 0 Å². The second-order valence-electron chi connectivity index (χ2n) is 6.18. The Balaban J connectivity index is 1.66. The van der Waals surface area contributed by atoms with Gasteiger partial charge in [0.15, 0.2) is 0 Å². The third-order valence-corrected chi connectivity index (χ3v) is 5.09. The second-order valence-corrected chi connectivity index (χ2v) is 6.59. The van der Waals surface area contributed by atoms with E-state index in [0.717, 1.165) is 26.2 Å². The largest absolute Gasteiger partial charge is 0.369 e. The topological polar surface area (TPSA) is 6.48 Å². The van der Waals surface area contributed by atoms with Crippen molar-refractivity contribution >= 4 is 17.3 Å². The van der Waals surface area contributed by atoms with Crippen LogP contribution in [0.3, 0.4) is 0 Å². The summed E-state index contributed by atoms with van der Waals surface area (Å²) in [4.78, 5) is 4.69. The van der Waals surface area contributed by atoms with E-state index in [2.05, 4.69) is 41.8 Å². The molecule has 0 radical (unpaired) electrons. The molecule has 1 aliphatic rings. The standard InChI is InChI=1S/C19H22ClFN2/c1-14-5-3-8-19(15(14)2)23-11-9-22(10-12-23)13-16-17(20)6-4-7-18(16)21/h3-8H,9-13H2,1-2H3. The SMILES string of the molecule is Cc1cccc(N2CCN(Cc3c(F)cccc3Cl)CC2)c1C. The number of piperazine rings is 1. The highest BCUT2D eigenvalue weighted by Crippen LogP contribution is 2.25. The highest BCUT2D eigenvalue weighted by Gasteiger charge is 2.20. The van der Waals surface area contributed by atoms with Crippen LogP contribution in [0.2, 0.25) is 5.02 Å². The Morgan fingerprint density at radius 3 is 2.39 bits per heavy atom. The van der Waals surface area contributed by atoms with E-state index in [1.165, 1.54) is 22.9 Å². The molecule has 23 heavy (non-hydrogen) atoms. The summed E-state index contributed by atoms with van der Waals surface area (Å²) >= 11 is 6.13. The molecular formula is C19H22ClFN2. The van der Waals surface area contributed by atoms with Crippen LogP contribution < -0.4 is 4.90 Å². The molecule has 0 bridgehead atoms. The number of hydrogen-bond donors (Lipinski definition) is 0. The maximum absolute atomic E-state index is 13.9. The van der Waals surface area contributed by atoms with Gasteiger partial charge in [-0.15, -0.1) is 0 Å². The quantitative estimate of drug-likeness (QED) is 0.821. The lowest BCUT2D eigenvalue weighted by atomic mass is 10.1. The summed E-state index contributed by atoms with van der Waals surface area (Å²) in [7, 11) is 0. The molecule has 0 saturated carbocycles. The van der Waals surface area contributed by atoms with Crippen LogP contribution in [0.1, 0.15) is 16.7 Å². The summed E-state index contributed by atoms with van der Waals surface area (Å²) < 4.78 is 13.9. The number of benzene rings is 2. The zero-order chi connectivity index (χ0) is 16.4. The van der Waals surface area contributed by atoms with E-state index >= 15 is 0 Å². The molecule has 1 saturated heterocycles. The number of rotatable bonds is 3. The van der Waals surface area contributed by atoms with E-state index in [1.54, 1.807) is 12.1 Å². The van der Waals surface area contributed by atoms with E-state index in [-0.39, 0.29) is 5.82 Å². The Morgan fingerprint density at radius 2 is 1.70 bits per heavy atom. The lowest BCUT2D eigenvalue weighted by Crippen LogP contribution is -2.46. The van der Waals surface area contributed by atoms with Crippen molar-refractivity contribution in [2.75, 3.05) is 31.1 Å². The van der Waals surface area contributed by atoms with Gasteiger partial charge in [-0.05, 0) is 43.2 Å². The average Bonchev–Trinajstić information content (AvgIpc) is 2.54. The van der Waals surface area contributed by atoms with Crippen molar-refractivity contribution in [1.82, 2.24) is 4.90 Å². The van der Waals surface area contributed by atoms with Crippen LogP contribution in [0.5, 0.6) is 0 Å². The maximum atomic E-state index is 13.9. The summed E-state index contributed by atoms with van der Waals surface area (Å²) in [5, 5.41) is 0.516.